The highest BCUT2D eigenvalue weighted by molar-refractivity contribution is 5.60. The molecular formula is C16H17NO2. The molecule has 0 radical (unpaired) electrons. The zero-order chi connectivity index (χ0) is 13.2. The fraction of sp³-hybridized carbons (Fsp3) is 0.250. The Morgan fingerprint density at radius 2 is 2.16 bits per heavy atom. The van der Waals surface area contributed by atoms with Crippen LogP contribution in [0.25, 0.3) is 0 Å². The molecule has 1 aliphatic heterocycles. The molecular weight excluding hydrogens is 238 g/mol. The second kappa shape index (κ2) is 4.84. The van der Waals surface area contributed by atoms with Crippen LogP contribution in [-0.4, -0.2) is 17.8 Å². The molecule has 0 aromatic heterocycles. The van der Waals surface area contributed by atoms with Crippen LogP contribution in [0.2, 0.25) is 0 Å². The van der Waals surface area contributed by atoms with Gasteiger partial charge in [-0.3, -0.25) is 0 Å². The van der Waals surface area contributed by atoms with Crippen molar-refractivity contribution in [1.82, 2.24) is 0 Å². The largest absolute Gasteiger partial charge is 0.508 e. The molecule has 98 valence electrons. The van der Waals surface area contributed by atoms with E-state index in [0.717, 1.165) is 24.4 Å². The number of hydrogen-bond donors (Lipinski definition) is 2. The third kappa shape index (κ3) is 2.65. The second-order valence-corrected chi connectivity index (χ2v) is 4.99. The van der Waals surface area contributed by atoms with E-state index in [0.29, 0.717) is 0 Å². The molecule has 2 aromatic carbocycles. The van der Waals surface area contributed by atoms with E-state index in [2.05, 4.69) is 36.5 Å². The van der Waals surface area contributed by atoms with Crippen molar-refractivity contribution in [3.63, 3.8) is 0 Å². The Labute approximate surface area is 112 Å². The van der Waals surface area contributed by atoms with Gasteiger partial charge in [0.15, 0.2) is 0 Å². The average Bonchev–Trinajstić information content (AvgIpc) is 2.39. The first-order chi connectivity index (χ1) is 9.20. The van der Waals surface area contributed by atoms with Crippen LogP contribution < -0.4 is 10.1 Å². The smallest absolute Gasteiger partial charge is 0.143 e. The van der Waals surface area contributed by atoms with Crippen LogP contribution in [-0.2, 0) is 6.42 Å². The Kier molecular flexibility index (Phi) is 3.03. The first-order valence-corrected chi connectivity index (χ1v) is 6.50. The van der Waals surface area contributed by atoms with Crippen molar-refractivity contribution in [2.75, 3.05) is 11.9 Å². The van der Waals surface area contributed by atoms with Gasteiger partial charge in [0, 0.05) is 12.5 Å². The Morgan fingerprint density at radius 3 is 3.00 bits per heavy atom. The maximum atomic E-state index is 9.42. The fourth-order valence-corrected chi connectivity index (χ4v) is 2.42. The van der Waals surface area contributed by atoms with Gasteiger partial charge in [-0.05, 0) is 24.6 Å². The number of aryl methyl sites for hydroxylation is 1. The first kappa shape index (κ1) is 11.9. The lowest BCUT2D eigenvalue weighted by molar-refractivity contribution is 0.206. The molecule has 3 heteroatoms. The van der Waals surface area contributed by atoms with E-state index in [4.69, 9.17) is 4.74 Å². The molecule has 1 heterocycles. The van der Waals surface area contributed by atoms with Gasteiger partial charge in [0.1, 0.15) is 17.6 Å². The highest BCUT2D eigenvalue weighted by Crippen LogP contribution is 2.32. The summed E-state index contributed by atoms with van der Waals surface area (Å²) in [5.74, 6) is 1.06. The van der Waals surface area contributed by atoms with Crippen molar-refractivity contribution in [2.24, 2.45) is 0 Å². The molecule has 2 aromatic rings. The summed E-state index contributed by atoms with van der Waals surface area (Å²) >= 11 is 0. The summed E-state index contributed by atoms with van der Waals surface area (Å²) < 4.78 is 5.96. The summed E-state index contributed by atoms with van der Waals surface area (Å²) in [7, 11) is 0. The number of phenolic OH excluding ortho intramolecular Hbond substituents is 1. The van der Waals surface area contributed by atoms with E-state index in [-0.39, 0.29) is 11.9 Å². The number of rotatable bonds is 2. The number of hydrogen-bond acceptors (Lipinski definition) is 3. The van der Waals surface area contributed by atoms with Crippen LogP contribution in [0, 0.1) is 6.92 Å². The van der Waals surface area contributed by atoms with Crippen molar-refractivity contribution in [3.8, 4) is 11.5 Å². The van der Waals surface area contributed by atoms with E-state index >= 15 is 0 Å². The SMILES string of the molecule is Cc1cccc(CC2CNc3cc(O)ccc3O2)c1. The van der Waals surface area contributed by atoms with Crippen molar-refractivity contribution in [2.45, 2.75) is 19.4 Å². The fourth-order valence-electron chi connectivity index (χ4n) is 2.42. The second-order valence-electron chi connectivity index (χ2n) is 4.99. The van der Waals surface area contributed by atoms with Crippen LogP contribution in [0.15, 0.2) is 42.5 Å². The van der Waals surface area contributed by atoms with Gasteiger partial charge < -0.3 is 15.2 Å². The van der Waals surface area contributed by atoms with Gasteiger partial charge in [-0.2, -0.15) is 0 Å². The topological polar surface area (TPSA) is 41.5 Å². The van der Waals surface area contributed by atoms with Crippen molar-refractivity contribution < 1.29 is 9.84 Å². The van der Waals surface area contributed by atoms with Crippen LogP contribution in [0.3, 0.4) is 0 Å². The Balaban J connectivity index is 1.74. The highest BCUT2D eigenvalue weighted by Gasteiger charge is 2.19. The molecule has 0 spiro atoms. The van der Waals surface area contributed by atoms with Gasteiger partial charge in [-0.1, -0.05) is 29.8 Å². The average molecular weight is 255 g/mol. The minimum absolute atomic E-state index is 0.124. The number of fused-ring (bicyclic) bond motifs is 1. The molecule has 0 bridgehead atoms. The van der Waals surface area contributed by atoms with E-state index < -0.39 is 0 Å². The molecule has 1 unspecified atom stereocenters. The molecule has 0 saturated carbocycles. The molecule has 0 aliphatic carbocycles. The molecule has 1 aliphatic rings. The first-order valence-electron chi connectivity index (χ1n) is 6.50. The molecule has 2 N–H and O–H groups in total. The molecule has 0 saturated heterocycles. The van der Waals surface area contributed by atoms with Crippen LogP contribution in [0.4, 0.5) is 5.69 Å². The number of benzene rings is 2. The maximum Gasteiger partial charge on any atom is 0.143 e. The Morgan fingerprint density at radius 1 is 1.26 bits per heavy atom. The van der Waals surface area contributed by atoms with Gasteiger partial charge >= 0.3 is 0 Å². The van der Waals surface area contributed by atoms with Crippen molar-refractivity contribution in [1.29, 1.82) is 0 Å². The third-order valence-electron chi connectivity index (χ3n) is 3.32. The molecule has 1 atom stereocenters. The lowest BCUT2D eigenvalue weighted by Gasteiger charge is -2.27. The molecule has 0 amide bonds. The van der Waals surface area contributed by atoms with Gasteiger partial charge in [-0.25, -0.2) is 0 Å². The van der Waals surface area contributed by atoms with Gasteiger partial charge in [0.2, 0.25) is 0 Å². The molecule has 19 heavy (non-hydrogen) atoms. The summed E-state index contributed by atoms with van der Waals surface area (Å²) in [6.45, 7) is 2.85. The molecule has 3 nitrogen and oxygen atoms in total. The number of anilines is 1. The summed E-state index contributed by atoms with van der Waals surface area (Å²) in [4.78, 5) is 0. The normalized spacial score (nSPS) is 17.2. The van der Waals surface area contributed by atoms with Gasteiger partial charge in [-0.15, -0.1) is 0 Å². The number of nitrogens with one attached hydrogen (secondary N) is 1. The monoisotopic (exact) mass is 255 g/mol. The summed E-state index contributed by atoms with van der Waals surface area (Å²) in [5.41, 5.74) is 3.42. The summed E-state index contributed by atoms with van der Waals surface area (Å²) in [6.07, 6.45) is 1.01. The minimum atomic E-state index is 0.124. The van der Waals surface area contributed by atoms with Crippen LogP contribution >= 0.6 is 0 Å². The quantitative estimate of drug-likeness (QED) is 0.866. The molecule has 0 fully saturated rings. The van der Waals surface area contributed by atoms with E-state index in [1.807, 2.05) is 0 Å². The minimum Gasteiger partial charge on any atom is -0.508 e. The van der Waals surface area contributed by atoms with E-state index in [1.165, 1.54) is 11.1 Å². The predicted octanol–water partition coefficient (Wildman–Crippen LogP) is 3.12. The molecule has 3 rings (SSSR count). The van der Waals surface area contributed by atoms with Crippen molar-refractivity contribution >= 4 is 5.69 Å². The Bertz CT molecular complexity index is 595. The predicted molar refractivity (Wildman–Crippen MR) is 75.9 cm³/mol. The zero-order valence-corrected chi connectivity index (χ0v) is 10.9. The summed E-state index contributed by atoms with van der Waals surface area (Å²) in [5, 5.41) is 12.7. The maximum absolute atomic E-state index is 9.42. The van der Waals surface area contributed by atoms with Crippen LogP contribution in [0.1, 0.15) is 11.1 Å². The lowest BCUT2D eigenvalue weighted by Crippen LogP contribution is -2.32. The standard InChI is InChI=1S/C16H17NO2/c1-11-3-2-4-12(7-11)8-14-10-17-15-9-13(18)5-6-16(15)19-14/h2-7,9,14,17-18H,8,10H2,1H3. The van der Waals surface area contributed by atoms with E-state index in [1.54, 1.807) is 18.2 Å². The third-order valence-corrected chi connectivity index (χ3v) is 3.32. The summed E-state index contributed by atoms with van der Waals surface area (Å²) in [6, 6.07) is 13.6. The highest BCUT2D eigenvalue weighted by atomic mass is 16.5. The number of aromatic hydroxyl groups is 1. The number of ether oxygens (including phenoxy) is 1. The number of phenols is 1. The van der Waals surface area contributed by atoms with Crippen molar-refractivity contribution in [3.05, 3.63) is 53.6 Å². The zero-order valence-electron chi connectivity index (χ0n) is 10.9. The lowest BCUT2D eigenvalue weighted by atomic mass is 10.0. The Hall–Kier alpha value is -2.16. The van der Waals surface area contributed by atoms with Gasteiger partial charge in [0.05, 0.1) is 12.2 Å². The van der Waals surface area contributed by atoms with Gasteiger partial charge in [0.25, 0.3) is 0 Å². The van der Waals surface area contributed by atoms with Crippen LogP contribution in [0.5, 0.6) is 11.5 Å². The van der Waals surface area contributed by atoms with E-state index in [9.17, 15) is 5.11 Å².